The van der Waals surface area contributed by atoms with Crippen LogP contribution in [0.3, 0.4) is 0 Å². The molecule has 0 aromatic heterocycles. The Kier molecular flexibility index (Phi) is 4.73. The van der Waals surface area contributed by atoms with Gasteiger partial charge in [-0.3, -0.25) is 4.90 Å². The summed E-state index contributed by atoms with van der Waals surface area (Å²) >= 11 is 5.05. The Morgan fingerprint density at radius 1 is 1.41 bits per heavy atom. The van der Waals surface area contributed by atoms with E-state index in [1.54, 1.807) is 0 Å². The van der Waals surface area contributed by atoms with Gasteiger partial charge < -0.3 is 15.4 Å². The molecule has 2 atom stereocenters. The molecule has 0 aliphatic carbocycles. The normalized spacial score (nSPS) is 29.4. The first-order valence-electron chi connectivity index (χ1n) is 6.50. The quantitative estimate of drug-likeness (QED) is 0.735. The monoisotopic (exact) mass is 257 g/mol. The molecule has 2 saturated heterocycles. The van der Waals surface area contributed by atoms with Crippen molar-refractivity contribution in [3.8, 4) is 0 Å². The number of ether oxygens (including phenoxy) is 1. The van der Waals surface area contributed by atoms with Gasteiger partial charge in [-0.1, -0.05) is 12.2 Å². The SMILES string of the molecule is CC(C(N)=S)N1CCN(CC2CCOC2)CC1. The molecule has 0 aromatic carbocycles. The van der Waals surface area contributed by atoms with Crippen molar-refractivity contribution in [2.75, 3.05) is 45.9 Å². The van der Waals surface area contributed by atoms with Crippen LogP contribution in [0.15, 0.2) is 0 Å². The van der Waals surface area contributed by atoms with E-state index in [0.717, 1.165) is 45.3 Å². The van der Waals surface area contributed by atoms with E-state index in [2.05, 4.69) is 16.7 Å². The van der Waals surface area contributed by atoms with Crippen molar-refractivity contribution in [3.05, 3.63) is 0 Å². The van der Waals surface area contributed by atoms with Gasteiger partial charge in [0.25, 0.3) is 0 Å². The predicted molar refractivity (Wildman–Crippen MR) is 73.2 cm³/mol. The lowest BCUT2D eigenvalue weighted by Crippen LogP contribution is -2.53. The van der Waals surface area contributed by atoms with Crippen LogP contribution >= 0.6 is 12.2 Å². The number of nitrogens with two attached hydrogens (primary N) is 1. The number of thiocarbonyl (C=S) groups is 1. The molecule has 0 bridgehead atoms. The number of piperazine rings is 1. The lowest BCUT2D eigenvalue weighted by atomic mass is 10.1. The Morgan fingerprint density at radius 2 is 2.12 bits per heavy atom. The minimum Gasteiger partial charge on any atom is -0.392 e. The highest BCUT2D eigenvalue weighted by atomic mass is 32.1. The molecule has 17 heavy (non-hydrogen) atoms. The van der Waals surface area contributed by atoms with Gasteiger partial charge in [0.2, 0.25) is 0 Å². The van der Waals surface area contributed by atoms with Crippen LogP contribution in [-0.4, -0.2) is 66.8 Å². The van der Waals surface area contributed by atoms with Crippen LogP contribution in [0.2, 0.25) is 0 Å². The highest BCUT2D eigenvalue weighted by Crippen LogP contribution is 2.15. The summed E-state index contributed by atoms with van der Waals surface area (Å²) in [6.45, 7) is 9.59. The van der Waals surface area contributed by atoms with Crippen molar-refractivity contribution in [1.82, 2.24) is 9.80 Å². The maximum atomic E-state index is 5.69. The van der Waals surface area contributed by atoms with E-state index < -0.39 is 0 Å². The standard InChI is InChI=1S/C12H23N3OS/c1-10(12(13)17)15-5-3-14(4-6-15)8-11-2-7-16-9-11/h10-11H,2-9H2,1H3,(H2,13,17). The van der Waals surface area contributed by atoms with Crippen LogP contribution in [0, 0.1) is 5.92 Å². The van der Waals surface area contributed by atoms with Crippen molar-refractivity contribution in [1.29, 1.82) is 0 Å². The van der Waals surface area contributed by atoms with Gasteiger partial charge in [0, 0.05) is 39.3 Å². The van der Waals surface area contributed by atoms with Crippen LogP contribution < -0.4 is 5.73 Å². The van der Waals surface area contributed by atoms with E-state index in [0.29, 0.717) is 4.99 Å². The van der Waals surface area contributed by atoms with Crippen LogP contribution in [0.25, 0.3) is 0 Å². The number of nitrogens with zero attached hydrogens (tertiary/aromatic N) is 2. The first-order valence-corrected chi connectivity index (χ1v) is 6.91. The molecule has 2 heterocycles. The van der Waals surface area contributed by atoms with Crippen molar-refractivity contribution in [3.63, 3.8) is 0 Å². The Balaban J connectivity index is 1.72. The smallest absolute Gasteiger partial charge is 0.0899 e. The van der Waals surface area contributed by atoms with Gasteiger partial charge in [0.05, 0.1) is 17.6 Å². The average molecular weight is 257 g/mol. The zero-order chi connectivity index (χ0) is 12.3. The summed E-state index contributed by atoms with van der Waals surface area (Å²) in [4.78, 5) is 5.54. The summed E-state index contributed by atoms with van der Waals surface area (Å²) in [6, 6.07) is 0.238. The highest BCUT2D eigenvalue weighted by Gasteiger charge is 2.25. The van der Waals surface area contributed by atoms with Crippen LogP contribution in [-0.2, 0) is 4.74 Å². The van der Waals surface area contributed by atoms with Crippen molar-refractivity contribution < 1.29 is 4.74 Å². The second kappa shape index (κ2) is 6.09. The molecule has 2 unspecified atom stereocenters. The maximum absolute atomic E-state index is 5.69. The second-order valence-corrected chi connectivity index (χ2v) is 5.62. The van der Waals surface area contributed by atoms with Crippen LogP contribution in [0.4, 0.5) is 0 Å². The van der Waals surface area contributed by atoms with E-state index in [4.69, 9.17) is 22.7 Å². The fraction of sp³-hybridized carbons (Fsp3) is 0.917. The third-order valence-corrected chi connectivity index (χ3v) is 4.25. The third kappa shape index (κ3) is 3.61. The summed E-state index contributed by atoms with van der Waals surface area (Å²) in [7, 11) is 0. The van der Waals surface area contributed by atoms with Crippen LogP contribution in [0.1, 0.15) is 13.3 Å². The molecule has 2 N–H and O–H groups in total. The zero-order valence-corrected chi connectivity index (χ0v) is 11.4. The molecular weight excluding hydrogens is 234 g/mol. The van der Waals surface area contributed by atoms with Gasteiger partial charge in [-0.05, 0) is 19.3 Å². The summed E-state index contributed by atoms with van der Waals surface area (Å²) in [5.41, 5.74) is 5.69. The number of hydrogen-bond acceptors (Lipinski definition) is 4. The van der Waals surface area contributed by atoms with E-state index in [1.807, 2.05) is 0 Å². The largest absolute Gasteiger partial charge is 0.392 e. The summed E-state index contributed by atoms with van der Waals surface area (Å²) in [5.74, 6) is 0.745. The molecule has 5 heteroatoms. The maximum Gasteiger partial charge on any atom is 0.0899 e. The van der Waals surface area contributed by atoms with Gasteiger partial charge in [-0.15, -0.1) is 0 Å². The molecule has 2 fully saturated rings. The average Bonchev–Trinajstić information content (AvgIpc) is 2.82. The van der Waals surface area contributed by atoms with E-state index in [-0.39, 0.29) is 6.04 Å². The molecule has 2 rings (SSSR count). The summed E-state index contributed by atoms with van der Waals surface area (Å²) in [5, 5.41) is 0. The van der Waals surface area contributed by atoms with Gasteiger partial charge in [0.15, 0.2) is 0 Å². The van der Waals surface area contributed by atoms with E-state index >= 15 is 0 Å². The van der Waals surface area contributed by atoms with Crippen molar-refractivity contribution >= 4 is 17.2 Å². The summed E-state index contributed by atoms with van der Waals surface area (Å²) < 4.78 is 5.42. The predicted octanol–water partition coefficient (Wildman–Crippen LogP) is 0.315. The Morgan fingerprint density at radius 3 is 2.65 bits per heavy atom. The van der Waals surface area contributed by atoms with Gasteiger partial charge in [-0.25, -0.2) is 0 Å². The molecule has 2 aliphatic rings. The first kappa shape index (κ1) is 13.2. The van der Waals surface area contributed by atoms with Gasteiger partial charge in [-0.2, -0.15) is 0 Å². The minimum absolute atomic E-state index is 0.238. The molecule has 0 radical (unpaired) electrons. The minimum atomic E-state index is 0.238. The molecule has 0 saturated carbocycles. The first-order chi connectivity index (χ1) is 8.16. The van der Waals surface area contributed by atoms with Crippen LogP contribution in [0.5, 0.6) is 0 Å². The molecule has 0 aromatic rings. The molecule has 2 aliphatic heterocycles. The van der Waals surface area contributed by atoms with E-state index in [9.17, 15) is 0 Å². The fourth-order valence-corrected chi connectivity index (χ4v) is 2.75. The topological polar surface area (TPSA) is 41.7 Å². The lowest BCUT2D eigenvalue weighted by molar-refractivity contribution is 0.104. The fourth-order valence-electron chi connectivity index (χ4n) is 2.61. The Hall–Kier alpha value is -0.230. The van der Waals surface area contributed by atoms with E-state index in [1.165, 1.54) is 13.0 Å². The zero-order valence-electron chi connectivity index (χ0n) is 10.6. The third-order valence-electron chi connectivity index (χ3n) is 3.91. The lowest BCUT2D eigenvalue weighted by Gasteiger charge is -2.38. The van der Waals surface area contributed by atoms with Crippen molar-refractivity contribution in [2.45, 2.75) is 19.4 Å². The molecule has 0 spiro atoms. The van der Waals surface area contributed by atoms with Crippen molar-refractivity contribution in [2.24, 2.45) is 11.7 Å². The van der Waals surface area contributed by atoms with Gasteiger partial charge >= 0.3 is 0 Å². The Bertz CT molecular complexity index is 260. The second-order valence-electron chi connectivity index (χ2n) is 5.14. The summed E-state index contributed by atoms with van der Waals surface area (Å²) in [6.07, 6.45) is 1.23. The molecule has 98 valence electrons. The molecule has 4 nitrogen and oxygen atoms in total. The van der Waals surface area contributed by atoms with Gasteiger partial charge in [0.1, 0.15) is 0 Å². The Labute approximate surface area is 109 Å². The molecule has 0 amide bonds. The number of rotatable bonds is 4. The number of hydrogen-bond donors (Lipinski definition) is 1. The highest BCUT2D eigenvalue weighted by molar-refractivity contribution is 7.80. The molecular formula is C12H23N3OS.